The standard InChI is InChI=1S/C12H14ClFN2O3/c13-9-7-8(4-5-10(9)14)16-12(19)15-6-2-1-3-11(17)18/h4-5,7H,1-3,6H2,(H,17,18)(H2,15,16,19). The molecule has 1 aromatic carbocycles. The molecule has 5 nitrogen and oxygen atoms in total. The van der Waals surface area contributed by atoms with E-state index in [2.05, 4.69) is 10.6 Å². The molecule has 104 valence electrons. The number of rotatable bonds is 6. The number of aliphatic carboxylic acids is 1. The quantitative estimate of drug-likeness (QED) is 0.704. The summed E-state index contributed by atoms with van der Waals surface area (Å²) in [4.78, 5) is 21.7. The van der Waals surface area contributed by atoms with Crippen LogP contribution in [0.1, 0.15) is 19.3 Å². The van der Waals surface area contributed by atoms with E-state index in [9.17, 15) is 14.0 Å². The van der Waals surface area contributed by atoms with Crippen molar-refractivity contribution in [3.8, 4) is 0 Å². The number of unbranched alkanes of at least 4 members (excludes halogenated alkanes) is 1. The van der Waals surface area contributed by atoms with Gasteiger partial charge in [0.1, 0.15) is 5.82 Å². The Labute approximate surface area is 114 Å². The van der Waals surface area contributed by atoms with Crippen LogP contribution in [0.5, 0.6) is 0 Å². The molecule has 1 aromatic rings. The molecular weight excluding hydrogens is 275 g/mol. The van der Waals surface area contributed by atoms with E-state index in [1.807, 2.05) is 0 Å². The fourth-order valence-corrected chi connectivity index (χ4v) is 1.53. The zero-order valence-corrected chi connectivity index (χ0v) is 10.8. The van der Waals surface area contributed by atoms with Gasteiger partial charge in [-0.15, -0.1) is 0 Å². The van der Waals surface area contributed by atoms with Crippen molar-refractivity contribution in [3.05, 3.63) is 29.0 Å². The minimum Gasteiger partial charge on any atom is -0.481 e. The fourth-order valence-electron chi connectivity index (χ4n) is 1.35. The van der Waals surface area contributed by atoms with Gasteiger partial charge < -0.3 is 15.7 Å². The van der Waals surface area contributed by atoms with Crippen molar-refractivity contribution in [2.24, 2.45) is 0 Å². The maximum absolute atomic E-state index is 12.9. The first-order valence-electron chi connectivity index (χ1n) is 5.70. The summed E-state index contributed by atoms with van der Waals surface area (Å²) in [7, 11) is 0. The minimum absolute atomic E-state index is 0.0701. The van der Waals surface area contributed by atoms with Gasteiger partial charge in [-0.3, -0.25) is 4.79 Å². The van der Waals surface area contributed by atoms with E-state index in [0.717, 1.165) is 6.07 Å². The molecule has 0 aromatic heterocycles. The number of hydrogen-bond acceptors (Lipinski definition) is 2. The average Bonchev–Trinajstić information content (AvgIpc) is 2.33. The Balaban J connectivity index is 2.27. The maximum Gasteiger partial charge on any atom is 0.319 e. The Morgan fingerprint density at radius 1 is 1.32 bits per heavy atom. The molecule has 0 aliphatic carbocycles. The van der Waals surface area contributed by atoms with Gasteiger partial charge in [0.15, 0.2) is 0 Å². The summed E-state index contributed by atoms with van der Waals surface area (Å²) in [5.74, 6) is -1.41. The molecule has 0 bridgehead atoms. The summed E-state index contributed by atoms with van der Waals surface area (Å²) in [5.41, 5.74) is 0.384. The van der Waals surface area contributed by atoms with Gasteiger partial charge >= 0.3 is 12.0 Å². The lowest BCUT2D eigenvalue weighted by Crippen LogP contribution is -2.29. The predicted molar refractivity (Wildman–Crippen MR) is 69.9 cm³/mol. The topological polar surface area (TPSA) is 78.4 Å². The Morgan fingerprint density at radius 2 is 2.05 bits per heavy atom. The summed E-state index contributed by atoms with van der Waals surface area (Å²) in [6.45, 7) is 0.369. The van der Waals surface area contributed by atoms with Crippen LogP contribution < -0.4 is 10.6 Å². The van der Waals surface area contributed by atoms with Crippen LogP contribution in [0.25, 0.3) is 0 Å². The van der Waals surface area contributed by atoms with E-state index >= 15 is 0 Å². The highest BCUT2D eigenvalue weighted by atomic mass is 35.5. The van der Waals surface area contributed by atoms with Crippen LogP contribution in [0.2, 0.25) is 5.02 Å². The van der Waals surface area contributed by atoms with Gasteiger partial charge in [-0.25, -0.2) is 9.18 Å². The first-order valence-corrected chi connectivity index (χ1v) is 6.08. The number of anilines is 1. The number of hydrogen-bond donors (Lipinski definition) is 3. The molecule has 0 saturated heterocycles. The van der Waals surface area contributed by atoms with Crippen LogP contribution in [0.15, 0.2) is 18.2 Å². The number of halogens is 2. The number of carboxylic acids is 1. The van der Waals surface area contributed by atoms with Crippen LogP contribution >= 0.6 is 11.6 Å². The molecule has 0 heterocycles. The lowest BCUT2D eigenvalue weighted by molar-refractivity contribution is -0.137. The summed E-state index contributed by atoms with van der Waals surface area (Å²) < 4.78 is 12.9. The second-order valence-electron chi connectivity index (χ2n) is 3.86. The largest absolute Gasteiger partial charge is 0.481 e. The molecule has 0 aliphatic heterocycles. The average molecular weight is 289 g/mol. The van der Waals surface area contributed by atoms with Crippen molar-refractivity contribution >= 4 is 29.3 Å². The van der Waals surface area contributed by atoms with Gasteiger partial charge in [0.05, 0.1) is 5.02 Å². The van der Waals surface area contributed by atoms with Crippen LogP contribution in [-0.2, 0) is 4.79 Å². The zero-order chi connectivity index (χ0) is 14.3. The number of benzene rings is 1. The Bertz CT molecular complexity index is 468. The van der Waals surface area contributed by atoms with Gasteiger partial charge in [-0.2, -0.15) is 0 Å². The molecule has 19 heavy (non-hydrogen) atoms. The molecule has 7 heteroatoms. The van der Waals surface area contributed by atoms with Crippen LogP contribution in [0.4, 0.5) is 14.9 Å². The van der Waals surface area contributed by atoms with E-state index < -0.39 is 17.8 Å². The van der Waals surface area contributed by atoms with E-state index in [1.54, 1.807) is 0 Å². The van der Waals surface area contributed by atoms with Crippen molar-refractivity contribution in [1.82, 2.24) is 5.32 Å². The fraction of sp³-hybridized carbons (Fsp3) is 0.333. The lowest BCUT2D eigenvalue weighted by atomic mass is 10.2. The number of amides is 2. The lowest BCUT2D eigenvalue weighted by Gasteiger charge is -2.07. The summed E-state index contributed by atoms with van der Waals surface area (Å²) >= 11 is 5.57. The summed E-state index contributed by atoms with van der Waals surface area (Å²) in [6.07, 6.45) is 1.15. The highest BCUT2D eigenvalue weighted by Gasteiger charge is 2.04. The van der Waals surface area contributed by atoms with E-state index in [1.165, 1.54) is 12.1 Å². The summed E-state index contributed by atoms with van der Waals surface area (Å²) in [6, 6.07) is 3.41. The first kappa shape index (κ1) is 15.2. The number of carboxylic acid groups (broad SMARTS) is 1. The molecule has 0 aliphatic rings. The highest BCUT2D eigenvalue weighted by molar-refractivity contribution is 6.31. The third kappa shape index (κ3) is 6.05. The number of carbonyl (C=O) groups is 2. The molecule has 2 amide bonds. The SMILES string of the molecule is O=C(O)CCCCNC(=O)Nc1ccc(F)c(Cl)c1. The summed E-state index contributed by atoms with van der Waals surface area (Å²) in [5, 5.41) is 13.4. The Hall–Kier alpha value is -1.82. The van der Waals surface area contributed by atoms with E-state index in [4.69, 9.17) is 16.7 Å². The van der Waals surface area contributed by atoms with E-state index in [0.29, 0.717) is 25.1 Å². The maximum atomic E-state index is 12.9. The molecule has 0 radical (unpaired) electrons. The Kier molecular flexibility index (Phi) is 6.08. The van der Waals surface area contributed by atoms with Gasteiger partial charge in [0, 0.05) is 18.7 Å². The van der Waals surface area contributed by atoms with Gasteiger partial charge in [-0.05, 0) is 31.0 Å². The van der Waals surface area contributed by atoms with Crippen molar-refractivity contribution in [2.75, 3.05) is 11.9 Å². The normalized spacial score (nSPS) is 10.0. The van der Waals surface area contributed by atoms with E-state index in [-0.39, 0.29) is 11.4 Å². The smallest absolute Gasteiger partial charge is 0.319 e. The third-order valence-electron chi connectivity index (χ3n) is 2.28. The highest BCUT2D eigenvalue weighted by Crippen LogP contribution is 2.19. The second kappa shape index (κ2) is 7.58. The van der Waals surface area contributed by atoms with Crippen molar-refractivity contribution in [3.63, 3.8) is 0 Å². The van der Waals surface area contributed by atoms with Crippen molar-refractivity contribution < 1.29 is 19.1 Å². The molecule has 3 N–H and O–H groups in total. The van der Waals surface area contributed by atoms with Gasteiger partial charge in [-0.1, -0.05) is 11.6 Å². The minimum atomic E-state index is -0.856. The Morgan fingerprint density at radius 3 is 2.68 bits per heavy atom. The molecule has 0 saturated carbocycles. The molecule has 0 unspecified atom stereocenters. The molecule has 0 fully saturated rings. The van der Waals surface area contributed by atoms with Crippen LogP contribution in [0.3, 0.4) is 0 Å². The molecule has 1 rings (SSSR count). The predicted octanol–water partition coefficient (Wildman–Crippen LogP) is 2.86. The number of carbonyl (C=O) groups excluding carboxylic acids is 1. The number of nitrogens with one attached hydrogen (secondary N) is 2. The van der Waals surface area contributed by atoms with Gasteiger partial charge in [0.25, 0.3) is 0 Å². The third-order valence-corrected chi connectivity index (χ3v) is 2.57. The monoisotopic (exact) mass is 288 g/mol. The number of urea groups is 1. The van der Waals surface area contributed by atoms with Crippen molar-refractivity contribution in [2.45, 2.75) is 19.3 Å². The molecular formula is C12H14ClFN2O3. The second-order valence-corrected chi connectivity index (χ2v) is 4.27. The van der Waals surface area contributed by atoms with Crippen LogP contribution in [-0.4, -0.2) is 23.7 Å². The van der Waals surface area contributed by atoms with Gasteiger partial charge in [0.2, 0.25) is 0 Å². The first-order chi connectivity index (χ1) is 8.99. The molecule has 0 atom stereocenters. The van der Waals surface area contributed by atoms with Crippen molar-refractivity contribution in [1.29, 1.82) is 0 Å². The zero-order valence-electron chi connectivity index (χ0n) is 10.1. The molecule has 0 spiro atoms. The van der Waals surface area contributed by atoms with Crippen LogP contribution in [0, 0.1) is 5.82 Å².